The number of hydrogen-bond donors (Lipinski definition) is 1. The summed E-state index contributed by atoms with van der Waals surface area (Å²) < 4.78 is 0. The maximum absolute atomic E-state index is 6.24. The molecule has 2 aromatic rings. The third kappa shape index (κ3) is 1.93. The van der Waals surface area contributed by atoms with Crippen LogP contribution in [0.4, 0.5) is 11.4 Å². The molecule has 2 atom stereocenters. The summed E-state index contributed by atoms with van der Waals surface area (Å²) in [4.78, 5) is 6.95. The molecule has 1 aromatic heterocycles. The van der Waals surface area contributed by atoms with Crippen LogP contribution in [0.2, 0.25) is 0 Å². The van der Waals surface area contributed by atoms with Crippen LogP contribution in [0.5, 0.6) is 0 Å². The minimum absolute atomic E-state index is 0.554. The first kappa shape index (κ1) is 12.3. The molecule has 2 unspecified atom stereocenters. The number of fused-ring (bicyclic) bond motifs is 1. The van der Waals surface area contributed by atoms with E-state index in [0.717, 1.165) is 11.2 Å². The lowest BCUT2D eigenvalue weighted by Crippen LogP contribution is -2.34. The van der Waals surface area contributed by atoms with Gasteiger partial charge in [0, 0.05) is 17.5 Å². The maximum atomic E-state index is 6.24. The van der Waals surface area contributed by atoms with E-state index >= 15 is 0 Å². The highest BCUT2D eigenvalue weighted by Crippen LogP contribution is 2.39. The predicted molar refractivity (Wildman–Crippen MR) is 81.4 cm³/mol. The number of pyridine rings is 1. The molecule has 3 rings (SSSR count). The molecule has 0 bridgehead atoms. The molecule has 3 heteroatoms. The number of aromatic nitrogens is 1. The summed E-state index contributed by atoms with van der Waals surface area (Å²) in [5.74, 6) is 0. The van der Waals surface area contributed by atoms with Crippen molar-refractivity contribution in [2.24, 2.45) is 0 Å². The molecule has 100 valence electrons. The summed E-state index contributed by atoms with van der Waals surface area (Å²) in [6.45, 7) is 4.56. The van der Waals surface area contributed by atoms with E-state index in [1.807, 2.05) is 6.07 Å². The van der Waals surface area contributed by atoms with Crippen molar-refractivity contribution in [3.05, 3.63) is 30.5 Å². The van der Waals surface area contributed by atoms with Gasteiger partial charge in [-0.25, -0.2) is 0 Å². The molecule has 1 fully saturated rings. The molecular weight excluding hydrogens is 234 g/mol. The number of nitrogen functional groups attached to an aromatic ring is 1. The Morgan fingerprint density at radius 1 is 1.32 bits per heavy atom. The summed E-state index contributed by atoms with van der Waals surface area (Å²) in [6.07, 6.45) is 5.47. The Labute approximate surface area is 114 Å². The summed E-state index contributed by atoms with van der Waals surface area (Å²) in [6, 6.07) is 9.43. The van der Waals surface area contributed by atoms with Gasteiger partial charge in [-0.15, -0.1) is 0 Å². The zero-order valence-electron chi connectivity index (χ0n) is 11.6. The van der Waals surface area contributed by atoms with Gasteiger partial charge in [-0.2, -0.15) is 0 Å². The van der Waals surface area contributed by atoms with E-state index in [4.69, 9.17) is 5.73 Å². The third-order valence-electron chi connectivity index (χ3n) is 4.29. The molecule has 3 nitrogen and oxygen atoms in total. The Morgan fingerprint density at radius 2 is 2.11 bits per heavy atom. The highest BCUT2D eigenvalue weighted by atomic mass is 15.2. The molecule has 1 aromatic carbocycles. The standard InChI is InChI=1S/C16H21N3/c1-3-12-9-8-11(2)19(12)16-13-6-4-5-7-15(13)18-10-14(16)17/h4-7,10-12H,3,8-9,17H2,1-2H3. The van der Waals surface area contributed by atoms with Crippen molar-refractivity contribution in [3.8, 4) is 0 Å². The lowest BCUT2D eigenvalue weighted by atomic mass is 10.1. The monoisotopic (exact) mass is 255 g/mol. The van der Waals surface area contributed by atoms with Crippen LogP contribution in [0.25, 0.3) is 10.9 Å². The highest BCUT2D eigenvalue weighted by molar-refractivity contribution is 5.97. The minimum Gasteiger partial charge on any atom is -0.396 e. The average molecular weight is 255 g/mol. The number of hydrogen-bond acceptors (Lipinski definition) is 3. The van der Waals surface area contributed by atoms with Gasteiger partial charge < -0.3 is 10.6 Å². The van der Waals surface area contributed by atoms with Crippen molar-refractivity contribution < 1.29 is 0 Å². The molecule has 19 heavy (non-hydrogen) atoms. The Kier molecular flexibility index (Phi) is 3.05. The molecule has 0 spiro atoms. The highest BCUT2D eigenvalue weighted by Gasteiger charge is 2.31. The Balaban J connectivity index is 2.20. The van der Waals surface area contributed by atoms with Crippen LogP contribution in [0.3, 0.4) is 0 Å². The van der Waals surface area contributed by atoms with Crippen molar-refractivity contribution >= 4 is 22.3 Å². The van der Waals surface area contributed by atoms with Gasteiger partial charge in [0.15, 0.2) is 0 Å². The second-order valence-electron chi connectivity index (χ2n) is 5.48. The van der Waals surface area contributed by atoms with Crippen molar-refractivity contribution in [1.82, 2.24) is 4.98 Å². The normalized spacial score (nSPS) is 23.2. The van der Waals surface area contributed by atoms with Crippen LogP contribution in [-0.2, 0) is 0 Å². The Hall–Kier alpha value is -1.77. The van der Waals surface area contributed by atoms with E-state index in [2.05, 4.69) is 41.9 Å². The van der Waals surface area contributed by atoms with Gasteiger partial charge in [-0.05, 0) is 32.3 Å². The molecule has 1 aliphatic heterocycles. The van der Waals surface area contributed by atoms with Crippen molar-refractivity contribution in [2.45, 2.75) is 45.2 Å². The molecule has 1 saturated heterocycles. The van der Waals surface area contributed by atoms with Gasteiger partial charge in [0.1, 0.15) is 0 Å². The lowest BCUT2D eigenvalue weighted by Gasteiger charge is -2.32. The molecule has 0 radical (unpaired) electrons. The van der Waals surface area contributed by atoms with Crippen molar-refractivity contribution in [2.75, 3.05) is 10.6 Å². The largest absolute Gasteiger partial charge is 0.396 e. The van der Waals surface area contributed by atoms with Gasteiger partial charge in [-0.3, -0.25) is 4.98 Å². The molecular formula is C16H21N3. The fraction of sp³-hybridized carbons (Fsp3) is 0.438. The van der Waals surface area contributed by atoms with Crippen LogP contribution in [-0.4, -0.2) is 17.1 Å². The summed E-state index contributed by atoms with van der Waals surface area (Å²) in [5.41, 5.74) is 9.25. The first-order chi connectivity index (χ1) is 9.22. The number of rotatable bonds is 2. The second kappa shape index (κ2) is 4.72. The van der Waals surface area contributed by atoms with Gasteiger partial charge in [0.25, 0.3) is 0 Å². The first-order valence-corrected chi connectivity index (χ1v) is 7.14. The number of nitrogens with zero attached hydrogens (tertiary/aromatic N) is 2. The SMILES string of the molecule is CCC1CCC(C)N1c1c(N)cnc2ccccc12. The number of para-hydroxylation sites is 1. The quantitative estimate of drug-likeness (QED) is 0.891. The Morgan fingerprint density at radius 3 is 2.89 bits per heavy atom. The first-order valence-electron chi connectivity index (χ1n) is 7.14. The van der Waals surface area contributed by atoms with Gasteiger partial charge in [0.2, 0.25) is 0 Å². The number of nitrogens with two attached hydrogens (primary N) is 1. The smallest absolute Gasteiger partial charge is 0.0745 e. The molecule has 0 aliphatic carbocycles. The van der Waals surface area contributed by atoms with E-state index in [9.17, 15) is 0 Å². The number of anilines is 2. The van der Waals surface area contributed by atoms with Gasteiger partial charge >= 0.3 is 0 Å². The molecule has 0 amide bonds. The number of benzene rings is 1. The third-order valence-corrected chi connectivity index (χ3v) is 4.29. The topological polar surface area (TPSA) is 42.1 Å². The zero-order chi connectivity index (χ0) is 13.4. The molecule has 2 heterocycles. The Bertz CT molecular complexity index is 594. The molecule has 2 N–H and O–H groups in total. The van der Waals surface area contributed by atoms with Crippen LogP contribution >= 0.6 is 0 Å². The summed E-state index contributed by atoms with van der Waals surface area (Å²) in [5, 5.41) is 1.18. The van der Waals surface area contributed by atoms with Gasteiger partial charge in [-0.1, -0.05) is 25.1 Å². The summed E-state index contributed by atoms with van der Waals surface area (Å²) in [7, 11) is 0. The molecule has 0 saturated carbocycles. The van der Waals surface area contributed by atoms with E-state index in [1.54, 1.807) is 6.20 Å². The second-order valence-corrected chi connectivity index (χ2v) is 5.48. The minimum atomic E-state index is 0.554. The maximum Gasteiger partial charge on any atom is 0.0745 e. The van der Waals surface area contributed by atoms with Crippen LogP contribution in [0.1, 0.15) is 33.1 Å². The van der Waals surface area contributed by atoms with Crippen LogP contribution in [0.15, 0.2) is 30.5 Å². The van der Waals surface area contributed by atoms with Crippen molar-refractivity contribution in [3.63, 3.8) is 0 Å². The van der Waals surface area contributed by atoms with Crippen LogP contribution < -0.4 is 10.6 Å². The van der Waals surface area contributed by atoms with E-state index in [-0.39, 0.29) is 0 Å². The lowest BCUT2D eigenvalue weighted by molar-refractivity contribution is 0.630. The van der Waals surface area contributed by atoms with E-state index in [0.29, 0.717) is 12.1 Å². The summed E-state index contributed by atoms with van der Waals surface area (Å²) >= 11 is 0. The fourth-order valence-electron chi connectivity index (χ4n) is 3.31. The zero-order valence-corrected chi connectivity index (χ0v) is 11.6. The van der Waals surface area contributed by atoms with E-state index < -0.39 is 0 Å². The predicted octanol–water partition coefficient (Wildman–Crippen LogP) is 3.58. The van der Waals surface area contributed by atoms with Gasteiger partial charge in [0.05, 0.1) is 23.1 Å². The average Bonchev–Trinajstić information content (AvgIpc) is 2.80. The molecule has 1 aliphatic rings. The van der Waals surface area contributed by atoms with Crippen molar-refractivity contribution in [1.29, 1.82) is 0 Å². The van der Waals surface area contributed by atoms with E-state index in [1.165, 1.54) is 30.3 Å². The fourth-order valence-corrected chi connectivity index (χ4v) is 3.31. The van der Waals surface area contributed by atoms with Crippen LogP contribution in [0, 0.1) is 0 Å².